The minimum Gasteiger partial charge on any atom is -0.383 e. The third-order valence-electron chi connectivity index (χ3n) is 10.3. The molecule has 0 saturated carbocycles. The maximum atomic E-state index is 6.34. The van der Waals surface area contributed by atoms with Gasteiger partial charge in [-0.25, -0.2) is 19.9 Å². The fourth-order valence-electron chi connectivity index (χ4n) is 7.10. The van der Waals surface area contributed by atoms with E-state index in [4.69, 9.17) is 58.7 Å². The van der Waals surface area contributed by atoms with Crippen molar-refractivity contribution in [3.8, 4) is 0 Å². The molecule has 0 amide bonds. The Morgan fingerprint density at radius 1 is 0.600 bits per heavy atom. The topological polar surface area (TPSA) is 127 Å². The fourth-order valence-corrected chi connectivity index (χ4v) is 7.74. The first-order valence-electron chi connectivity index (χ1n) is 19.0. The van der Waals surface area contributed by atoms with Crippen LogP contribution in [0.5, 0.6) is 0 Å². The molecule has 16 nitrogen and oxygen atoms in total. The van der Waals surface area contributed by atoms with Gasteiger partial charge in [0.05, 0.1) is 50.7 Å². The van der Waals surface area contributed by atoms with Crippen LogP contribution in [-0.4, -0.2) is 184 Å². The van der Waals surface area contributed by atoms with Gasteiger partial charge in [0.2, 0.25) is 11.9 Å². The molecular formula is C36H55Cl3N12O4. The molecule has 8 rings (SSSR count). The van der Waals surface area contributed by atoms with E-state index in [0.29, 0.717) is 34.2 Å². The lowest BCUT2D eigenvalue weighted by molar-refractivity contribution is 0.109. The third kappa shape index (κ3) is 10.8. The SMILES string of the molecule is C1COCCN1.COCCN1CCN(c2nc3c(Cl)nc(Cl)cc3n2C)CC1.COCCN1CCN(c2nc3c(N4CCOCC4)nc(Cl)cc3n2C)CC1. The molecule has 304 valence electrons. The summed E-state index contributed by atoms with van der Waals surface area (Å²) >= 11 is 18.5. The Bertz CT molecular complexity index is 1790. The highest BCUT2D eigenvalue weighted by molar-refractivity contribution is 6.36. The van der Waals surface area contributed by atoms with Crippen molar-refractivity contribution in [2.45, 2.75) is 0 Å². The van der Waals surface area contributed by atoms with Crippen LogP contribution < -0.4 is 20.0 Å². The summed E-state index contributed by atoms with van der Waals surface area (Å²) in [6.07, 6.45) is 0. The number of aryl methyl sites for hydroxylation is 2. The Kier molecular flexibility index (Phi) is 15.7. The molecular weight excluding hydrogens is 771 g/mol. The Morgan fingerprint density at radius 2 is 1.07 bits per heavy atom. The molecule has 4 aliphatic heterocycles. The number of anilines is 3. The van der Waals surface area contributed by atoms with E-state index >= 15 is 0 Å². The number of halogens is 3. The number of morpholine rings is 2. The molecule has 0 aliphatic carbocycles. The number of nitrogens with one attached hydrogen (secondary N) is 1. The second-order valence-electron chi connectivity index (χ2n) is 13.8. The molecule has 4 aliphatic rings. The molecule has 4 aromatic rings. The number of methoxy groups -OCH3 is 2. The van der Waals surface area contributed by atoms with Gasteiger partial charge in [-0.15, -0.1) is 0 Å². The van der Waals surface area contributed by atoms with Crippen molar-refractivity contribution >= 4 is 74.6 Å². The number of nitrogens with zero attached hydrogens (tertiary/aromatic N) is 11. The van der Waals surface area contributed by atoms with Crippen LogP contribution >= 0.6 is 34.8 Å². The summed E-state index contributed by atoms with van der Waals surface area (Å²) < 4.78 is 25.0. The molecule has 4 aromatic heterocycles. The van der Waals surface area contributed by atoms with Crippen LogP contribution in [0, 0.1) is 0 Å². The van der Waals surface area contributed by atoms with Crippen molar-refractivity contribution in [1.82, 2.24) is 44.2 Å². The van der Waals surface area contributed by atoms with Crippen LogP contribution in [0.4, 0.5) is 17.7 Å². The minimum atomic E-state index is 0.350. The van der Waals surface area contributed by atoms with Gasteiger partial charge in [-0.2, -0.15) is 0 Å². The zero-order valence-electron chi connectivity index (χ0n) is 32.5. The molecule has 0 bridgehead atoms. The van der Waals surface area contributed by atoms with Crippen molar-refractivity contribution in [3.63, 3.8) is 0 Å². The monoisotopic (exact) mass is 824 g/mol. The average molecular weight is 826 g/mol. The number of aromatic nitrogens is 6. The van der Waals surface area contributed by atoms with E-state index in [1.807, 2.05) is 17.7 Å². The highest BCUT2D eigenvalue weighted by atomic mass is 35.5. The van der Waals surface area contributed by atoms with Gasteiger partial charge in [0.1, 0.15) is 21.3 Å². The molecule has 55 heavy (non-hydrogen) atoms. The van der Waals surface area contributed by atoms with Crippen molar-refractivity contribution < 1.29 is 18.9 Å². The van der Waals surface area contributed by atoms with E-state index in [0.717, 1.165) is 152 Å². The second-order valence-corrected chi connectivity index (χ2v) is 14.9. The molecule has 0 spiro atoms. The Hall–Kier alpha value is -2.77. The van der Waals surface area contributed by atoms with Crippen LogP contribution in [-0.2, 0) is 33.0 Å². The summed E-state index contributed by atoms with van der Waals surface area (Å²) in [5.41, 5.74) is 3.54. The van der Waals surface area contributed by atoms with E-state index in [2.05, 4.69) is 56.4 Å². The molecule has 8 heterocycles. The summed E-state index contributed by atoms with van der Waals surface area (Å²) in [7, 11) is 7.52. The number of pyridine rings is 2. The molecule has 1 N–H and O–H groups in total. The van der Waals surface area contributed by atoms with Gasteiger partial charge in [0.15, 0.2) is 11.0 Å². The molecule has 4 fully saturated rings. The van der Waals surface area contributed by atoms with Gasteiger partial charge >= 0.3 is 0 Å². The first kappa shape index (κ1) is 41.9. The van der Waals surface area contributed by atoms with Crippen LogP contribution in [0.3, 0.4) is 0 Å². The van der Waals surface area contributed by atoms with Crippen LogP contribution in [0.2, 0.25) is 15.5 Å². The lowest BCUT2D eigenvalue weighted by Crippen LogP contribution is -2.48. The minimum absolute atomic E-state index is 0.350. The Morgan fingerprint density at radius 3 is 1.55 bits per heavy atom. The standard InChI is InChI=1S/C18H27ClN6O2.C14H19Cl2N5O.C4H9NO/c1-22-14-13-15(19)20-17(24-8-11-27-12-9-24)16(14)21-18(22)25-5-3-23(4-6-25)7-10-26-2;1-19-10-9-11(15)17-13(16)12(10)18-14(19)21-5-3-20(4-6-21)7-8-22-2;1-3-6-4-2-5-1/h13H,3-12H2,1-2H3;9H,3-8H2,1-2H3;5H,1-4H2. The van der Waals surface area contributed by atoms with Gasteiger partial charge < -0.3 is 48.1 Å². The maximum absolute atomic E-state index is 6.34. The Balaban J connectivity index is 0.000000165. The quantitative estimate of drug-likeness (QED) is 0.249. The normalized spacial score (nSPS) is 18.7. The average Bonchev–Trinajstić information content (AvgIpc) is 3.73. The number of imidazole rings is 2. The van der Waals surface area contributed by atoms with E-state index in [1.54, 1.807) is 20.3 Å². The molecule has 0 radical (unpaired) electrons. The van der Waals surface area contributed by atoms with Gasteiger partial charge in [-0.1, -0.05) is 34.8 Å². The molecule has 0 aromatic carbocycles. The zero-order valence-corrected chi connectivity index (χ0v) is 34.8. The highest BCUT2D eigenvalue weighted by Gasteiger charge is 2.26. The van der Waals surface area contributed by atoms with Crippen molar-refractivity contribution in [2.24, 2.45) is 14.1 Å². The van der Waals surface area contributed by atoms with Crippen molar-refractivity contribution in [1.29, 1.82) is 0 Å². The highest BCUT2D eigenvalue weighted by Crippen LogP contribution is 2.32. The van der Waals surface area contributed by atoms with E-state index in [9.17, 15) is 0 Å². The molecule has 0 atom stereocenters. The fraction of sp³-hybridized carbons (Fsp3) is 0.667. The lowest BCUT2D eigenvalue weighted by atomic mass is 10.3. The number of hydrogen-bond acceptors (Lipinski definition) is 14. The summed E-state index contributed by atoms with van der Waals surface area (Å²) in [6.45, 7) is 18.2. The van der Waals surface area contributed by atoms with Gasteiger partial charge in [0, 0.05) is 132 Å². The lowest BCUT2D eigenvalue weighted by Gasteiger charge is -2.35. The predicted octanol–water partition coefficient (Wildman–Crippen LogP) is 2.88. The smallest absolute Gasteiger partial charge is 0.206 e. The van der Waals surface area contributed by atoms with Crippen molar-refractivity contribution in [3.05, 3.63) is 27.6 Å². The van der Waals surface area contributed by atoms with Gasteiger partial charge in [-0.05, 0) is 0 Å². The Labute approximate surface area is 338 Å². The number of hydrogen-bond donors (Lipinski definition) is 1. The third-order valence-corrected chi connectivity index (χ3v) is 10.9. The van der Waals surface area contributed by atoms with Crippen LogP contribution in [0.25, 0.3) is 22.1 Å². The molecule has 0 unspecified atom stereocenters. The van der Waals surface area contributed by atoms with Crippen LogP contribution in [0.1, 0.15) is 0 Å². The van der Waals surface area contributed by atoms with E-state index in [1.165, 1.54) is 0 Å². The first-order valence-corrected chi connectivity index (χ1v) is 20.2. The summed E-state index contributed by atoms with van der Waals surface area (Å²) in [5.74, 6) is 2.75. The first-order chi connectivity index (χ1) is 26.8. The zero-order chi connectivity index (χ0) is 38.7. The number of fused-ring (bicyclic) bond motifs is 2. The van der Waals surface area contributed by atoms with Gasteiger partial charge in [-0.3, -0.25) is 9.80 Å². The number of rotatable bonds is 9. The largest absolute Gasteiger partial charge is 0.383 e. The second kappa shape index (κ2) is 20.6. The number of ether oxygens (including phenoxy) is 4. The predicted molar refractivity (Wildman–Crippen MR) is 220 cm³/mol. The van der Waals surface area contributed by atoms with E-state index in [-0.39, 0.29) is 0 Å². The van der Waals surface area contributed by atoms with E-state index < -0.39 is 0 Å². The van der Waals surface area contributed by atoms with Crippen molar-refractivity contribution in [2.75, 3.05) is 160 Å². The maximum Gasteiger partial charge on any atom is 0.206 e. The summed E-state index contributed by atoms with van der Waals surface area (Å²) in [5, 5.41) is 4.40. The summed E-state index contributed by atoms with van der Waals surface area (Å²) in [6, 6.07) is 3.71. The molecule has 4 saturated heterocycles. The van der Waals surface area contributed by atoms with Gasteiger partial charge in [0.25, 0.3) is 0 Å². The van der Waals surface area contributed by atoms with Crippen LogP contribution in [0.15, 0.2) is 12.1 Å². The number of piperazine rings is 2. The summed E-state index contributed by atoms with van der Waals surface area (Å²) in [4.78, 5) is 30.0. The molecule has 19 heteroatoms.